The molecule has 1 aromatic rings. The third-order valence-corrected chi connectivity index (χ3v) is 4.17. The summed E-state index contributed by atoms with van der Waals surface area (Å²) in [6, 6.07) is 6.02. The van der Waals surface area contributed by atoms with Crippen molar-refractivity contribution < 1.29 is 14.3 Å². The highest BCUT2D eigenvalue weighted by Gasteiger charge is 2.33. The lowest BCUT2D eigenvalue weighted by molar-refractivity contribution is 0.00307. The average molecular weight is 276 g/mol. The zero-order chi connectivity index (χ0) is 14.8. The molecule has 2 rings (SSSR count). The van der Waals surface area contributed by atoms with E-state index >= 15 is 0 Å². The van der Waals surface area contributed by atoms with E-state index in [0.717, 1.165) is 18.4 Å². The summed E-state index contributed by atoms with van der Waals surface area (Å²) in [6.07, 6.45) is 2.21. The van der Waals surface area contributed by atoms with E-state index in [1.807, 2.05) is 12.1 Å². The Morgan fingerprint density at radius 3 is 2.75 bits per heavy atom. The Labute approximate surface area is 121 Å². The highest BCUT2D eigenvalue weighted by molar-refractivity contribution is 5.94. The molecule has 1 atom stereocenters. The van der Waals surface area contributed by atoms with Crippen LogP contribution in [-0.2, 0) is 14.9 Å². The molecule has 110 valence electrons. The number of ketones is 1. The maximum absolute atomic E-state index is 11.6. The molecule has 0 aromatic heterocycles. The van der Waals surface area contributed by atoms with Gasteiger partial charge in [0.1, 0.15) is 0 Å². The molecular weight excluding hydrogens is 252 g/mol. The monoisotopic (exact) mass is 276 g/mol. The molecule has 3 nitrogen and oxygen atoms in total. The number of fused-ring (bicyclic) bond motifs is 1. The zero-order valence-electron chi connectivity index (χ0n) is 12.9. The van der Waals surface area contributed by atoms with Gasteiger partial charge in [0.15, 0.2) is 5.78 Å². The Hall–Kier alpha value is -1.19. The standard InChI is InChI=1S/C17H24O3/c1-12(18)13-5-6-14-15(11-13)17(2,3)8-7-16(14)20-10-9-19-4/h5-6,11,16H,7-10H2,1-4H3. The molecule has 1 unspecified atom stereocenters. The van der Waals surface area contributed by atoms with Crippen molar-refractivity contribution in [2.75, 3.05) is 20.3 Å². The SMILES string of the molecule is COCCOC1CCC(C)(C)c2cc(C(C)=O)ccc21. The van der Waals surface area contributed by atoms with Gasteiger partial charge in [0, 0.05) is 12.7 Å². The van der Waals surface area contributed by atoms with Gasteiger partial charge in [0.25, 0.3) is 0 Å². The molecule has 0 bridgehead atoms. The van der Waals surface area contributed by atoms with E-state index in [4.69, 9.17) is 9.47 Å². The molecule has 0 saturated carbocycles. The van der Waals surface area contributed by atoms with Crippen molar-refractivity contribution in [3.05, 3.63) is 34.9 Å². The number of carbonyl (C=O) groups excluding carboxylic acids is 1. The normalized spacial score (nSPS) is 20.5. The first kappa shape index (κ1) is 15.2. The predicted octanol–water partition coefficient (Wildman–Crippen LogP) is 3.66. The fourth-order valence-electron chi connectivity index (χ4n) is 2.87. The summed E-state index contributed by atoms with van der Waals surface area (Å²) in [5.41, 5.74) is 3.36. The van der Waals surface area contributed by atoms with Crippen LogP contribution in [0, 0.1) is 0 Å². The summed E-state index contributed by atoms with van der Waals surface area (Å²) in [4.78, 5) is 11.6. The van der Waals surface area contributed by atoms with Gasteiger partial charge >= 0.3 is 0 Å². The molecule has 0 radical (unpaired) electrons. The summed E-state index contributed by atoms with van der Waals surface area (Å²) < 4.78 is 11.0. The lowest BCUT2D eigenvalue weighted by atomic mass is 9.71. The van der Waals surface area contributed by atoms with Gasteiger partial charge in [-0.25, -0.2) is 0 Å². The Morgan fingerprint density at radius 2 is 2.10 bits per heavy atom. The number of rotatable bonds is 5. The minimum Gasteiger partial charge on any atom is -0.382 e. The number of hydrogen-bond acceptors (Lipinski definition) is 3. The van der Waals surface area contributed by atoms with Crippen LogP contribution in [0.15, 0.2) is 18.2 Å². The summed E-state index contributed by atoms with van der Waals surface area (Å²) in [7, 11) is 1.68. The minimum atomic E-state index is 0.0991. The Bertz CT molecular complexity index is 491. The quantitative estimate of drug-likeness (QED) is 0.608. The highest BCUT2D eigenvalue weighted by Crippen LogP contribution is 2.43. The van der Waals surface area contributed by atoms with E-state index in [9.17, 15) is 4.79 Å². The number of hydrogen-bond donors (Lipinski definition) is 0. The first-order valence-corrected chi connectivity index (χ1v) is 7.21. The van der Waals surface area contributed by atoms with Crippen molar-refractivity contribution in [2.24, 2.45) is 0 Å². The molecule has 0 N–H and O–H groups in total. The van der Waals surface area contributed by atoms with Crippen LogP contribution in [0.4, 0.5) is 0 Å². The maximum Gasteiger partial charge on any atom is 0.159 e. The van der Waals surface area contributed by atoms with Crippen molar-refractivity contribution in [3.8, 4) is 0 Å². The molecule has 1 aliphatic rings. The second-order valence-corrected chi connectivity index (χ2v) is 6.13. The second kappa shape index (κ2) is 6.06. The molecule has 0 saturated heterocycles. The molecule has 1 aliphatic carbocycles. The molecule has 3 heteroatoms. The molecule has 0 fully saturated rings. The predicted molar refractivity (Wildman–Crippen MR) is 79.3 cm³/mol. The average Bonchev–Trinajstić information content (AvgIpc) is 2.41. The van der Waals surface area contributed by atoms with E-state index in [-0.39, 0.29) is 17.3 Å². The van der Waals surface area contributed by atoms with Gasteiger partial charge in [-0.2, -0.15) is 0 Å². The van der Waals surface area contributed by atoms with Crippen molar-refractivity contribution in [1.82, 2.24) is 0 Å². The second-order valence-electron chi connectivity index (χ2n) is 6.13. The van der Waals surface area contributed by atoms with Gasteiger partial charge in [0.05, 0.1) is 19.3 Å². The van der Waals surface area contributed by atoms with E-state index in [1.54, 1.807) is 14.0 Å². The summed E-state index contributed by atoms with van der Waals surface area (Å²) in [6.45, 7) is 7.31. The molecule has 1 aromatic carbocycles. The maximum atomic E-state index is 11.6. The Kier molecular flexibility index (Phi) is 4.61. The fraction of sp³-hybridized carbons (Fsp3) is 0.588. The van der Waals surface area contributed by atoms with Gasteiger partial charge < -0.3 is 9.47 Å². The fourth-order valence-corrected chi connectivity index (χ4v) is 2.87. The van der Waals surface area contributed by atoms with Crippen LogP contribution in [0.1, 0.15) is 61.2 Å². The third kappa shape index (κ3) is 3.10. The highest BCUT2D eigenvalue weighted by atomic mass is 16.5. The lowest BCUT2D eigenvalue weighted by Crippen LogP contribution is -2.28. The first-order chi connectivity index (χ1) is 9.45. The molecule has 0 aliphatic heterocycles. The van der Waals surface area contributed by atoms with Crippen molar-refractivity contribution in [1.29, 1.82) is 0 Å². The van der Waals surface area contributed by atoms with Crippen molar-refractivity contribution in [2.45, 2.75) is 45.1 Å². The Morgan fingerprint density at radius 1 is 1.35 bits per heavy atom. The van der Waals surface area contributed by atoms with Gasteiger partial charge in [-0.15, -0.1) is 0 Å². The van der Waals surface area contributed by atoms with Crippen LogP contribution in [-0.4, -0.2) is 26.1 Å². The zero-order valence-corrected chi connectivity index (χ0v) is 12.9. The van der Waals surface area contributed by atoms with Gasteiger partial charge in [0.2, 0.25) is 0 Å². The van der Waals surface area contributed by atoms with Crippen LogP contribution < -0.4 is 0 Å². The van der Waals surface area contributed by atoms with Crippen LogP contribution in [0.5, 0.6) is 0 Å². The topological polar surface area (TPSA) is 35.5 Å². The molecule has 20 heavy (non-hydrogen) atoms. The van der Waals surface area contributed by atoms with E-state index in [1.165, 1.54) is 11.1 Å². The number of carbonyl (C=O) groups is 1. The van der Waals surface area contributed by atoms with Gasteiger partial charge in [-0.1, -0.05) is 26.0 Å². The molecular formula is C17H24O3. The van der Waals surface area contributed by atoms with Crippen LogP contribution in [0.3, 0.4) is 0 Å². The number of methoxy groups -OCH3 is 1. The summed E-state index contributed by atoms with van der Waals surface area (Å²) in [5.74, 6) is 0.117. The summed E-state index contributed by atoms with van der Waals surface area (Å²) >= 11 is 0. The number of ether oxygens (including phenoxy) is 2. The lowest BCUT2D eigenvalue weighted by Gasteiger charge is -2.37. The van der Waals surface area contributed by atoms with Crippen LogP contribution >= 0.6 is 0 Å². The van der Waals surface area contributed by atoms with Gasteiger partial charge in [-0.05, 0) is 42.4 Å². The van der Waals surface area contributed by atoms with E-state index in [2.05, 4.69) is 19.9 Å². The first-order valence-electron chi connectivity index (χ1n) is 7.21. The third-order valence-electron chi connectivity index (χ3n) is 4.17. The molecule has 0 spiro atoms. The van der Waals surface area contributed by atoms with Crippen molar-refractivity contribution >= 4 is 5.78 Å². The summed E-state index contributed by atoms with van der Waals surface area (Å²) in [5, 5.41) is 0. The van der Waals surface area contributed by atoms with Gasteiger partial charge in [-0.3, -0.25) is 4.79 Å². The Balaban J connectivity index is 2.31. The van der Waals surface area contributed by atoms with Crippen molar-refractivity contribution in [3.63, 3.8) is 0 Å². The number of Topliss-reactive ketones (excluding diaryl/α,β-unsaturated/α-hetero) is 1. The van der Waals surface area contributed by atoms with Crippen LogP contribution in [0.2, 0.25) is 0 Å². The van der Waals surface area contributed by atoms with E-state index in [0.29, 0.717) is 13.2 Å². The minimum absolute atomic E-state index is 0.0991. The van der Waals surface area contributed by atoms with Crippen LogP contribution in [0.25, 0.3) is 0 Å². The molecule has 0 heterocycles. The number of benzene rings is 1. The van der Waals surface area contributed by atoms with E-state index < -0.39 is 0 Å². The smallest absolute Gasteiger partial charge is 0.159 e. The largest absolute Gasteiger partial charge is 0.382 e. The molecule has 0 amide bonds.